The lowest BCUT2D eigenvalue weighted by molar-refractivity contribution is -0.384. The molecule has 0 saturated carbocycles. The highest BCUT2D eigenvalue weighted by atomic mass is 19.1. The zero-order valence-corrected chi connectivity index (χ0v) is 14.0. The van der Waals surface area contributed by atoms with Crippen LogP contribution in [0.4, 0.5) is 15.8 Å². The predicted octanol–water partition coefficient (Wildman–Crippen LogP) is 2.45. The van der Waals surface area contributed by atoms with Crippen LogP contribution < -0.4 is 5.32 Å². The number of aromatic nitrogens is 4. The number of aromatic amines is 1. The van der Waals surface area contributed by atoms with E-state index in [0.717, 1.165) is 12.1 Å². The van der Waals surface area contributed by atoms with Crippen molar-refractivity contribution in [3.8, 4) is 6.07 Å². The fraction of sp³-hybridized carbons (Fsp3) is 0. The SMILES string of the molecule is N#CC(=CNc1ccc([N+](=O)[O-])cc1C(=O)c1ccccc1F)c1nn[nH]n1. The molecule has 3 aromatic rings. The molecule has 0 aliphatic carbocycles. The Morgan fingerprint density at radius 3 is 2.71 bits per heavy atom. The summed E-state index contributed by atoms with van der Waals surface area (Å²) in [6, 6.07) is 10.6. The number of H-pyrrole nitrogens is 1. The molecule has 0 radical (unpaired) electrons. The first kappa shape index (κ1) is 18.3. The van der Waals surface area contributed by atoms with Crippen LogP contribution in [0.3, 0.4) is 0 Å². The Morgan fingerprint density at radius 1 is 1.29 bits per heavy atom. The highest BCUT2D eigenvalue weighted by Crippen LogP contribution is 2.26. The van der Waals surface area contributed by atoms with Gasteiger partial charge in [-0.05, 0) is 23.4 Å². The second kappa shape index (κ2) is 7.83. The van der Waals surface area contributed by atoms with Gasteiger partial charge in [0.1, 0.15) is 17.5 Å². The van der Waals surface area contributed by atoms with Gasteiger partial charge in [-0.2, -0.15) is 10.5 Å². The van der Waals surface area contributed by atoms with Crippen molar-refractivity contribution in [2.75, 3.05) is 5.32 Å². The van der Waals surface area contributed by atoms with Gasteiger partial charge in [0.2, 0.25) is 5.82 Å². The molecule has 28 heavy (non-hydrogen) atoms. The second-order valence-corrected chi connectivity index (χ2v) is 5.35. The van der Waals surface area contributed by atoms with Crippen molar-refractivity contribution >= 4 is 22.7 Å². The number of tetrazole rings is 1. The summed E-state index contributed by atoms with van der Waals surface area (Å²) < 4.78 is 14.0. The maximum absolute atomic E-state index is 14.0. The van der Waals surface area contributed by atoms with E-state index in [4.69, 9.17) is 0 Å². The van der Waals surface area contributed by atoms with Gasteiger partial charge in [-0.3, -0.25) is 14.9 Å². The van der Waals surface area contributed by atoms with Crippen LogP contribution in [0.5, 0.6) is 0 Å². The van der Waals surface area contributed by atoms with Crippen LogP contribution in [-0.2, 0) is 0 Å². The third-order valence-corrected chi connectivity index (χ3v) is 3.66. The summed E-state index contributed by atoms with van der Waals surface area (Å²) in [6.45, 7) is 0. The Kier molecular flexibility index (Phi) is 5.13. The lowest BCUT2D eigenvalue weighted by Gasteiger charge is -2.09. The Labute approximate surface area is 156 Å². The molecule has 0 unspecified atom stereocenters. The number of carbonyl (C=O) groups is 1. The molecule has 11 heteroatoms. The fourth-order valence-electron chi connectivity index (χ4n) is 2.32. The molecule has 2 N–H and O–H groups in total. The van der Waals surface area contributed by atoms with Crippen LogP contribution in [0.1, 0.15) is 21.7 Å². The number of nitrogens with zero attached hydrogens (tertiary/aromatic N) is 5. The van der Waals surface area contributed by atoms with E-state index >= 15 is 0 Å². The Bertz CT molecular complexity index is 1120. The first-order chi connectivity index (χ1) is 13.5. The van der Waals surface area contributed by atoms with Crippen molar-refractivity contribution in [3.63, 3.8) is 0 Å². The number of rotatable bonds is 6. The third-order valence-electron chi connectivity index (χ3n) is 3.66. The molecule has 138 valence electrons. The standard InChI is InChI=1S/C17H10FN7O3/c18-14-4-2-1-3-12(14)16(26)13-7-11(25(27)28)5-6-15(13)20-9-10(8-19)17-21-23-24-22-17/h1-7,9,20H,(H,21,22,23,24). The second-order valence-electron chi connectivity index (χ2n) is 5.35. The molecule has 1 aromatic heterocycles. The van der Waals surface area contributed by atoms with Crippen molar-refractivity contribution in [3.05, 3.63) is 81.5 Å². The fourth-order valence-corrected chi connectivity index (χ4v) is 2.32. The molecule has 3 rings (SSSR count). The molecule has 0 amide bonds. The molecule has 1 heterocycles. The summed E-state index contributed by atoms with van der Waals surface area (Å²) in [5, 5.41) is 35.9. The van der Waals surface area contributed by atoms with Crippen LogP contribution in [0.25, 0.3) is 5.57 Å². The number of nitro groups is 1. The van der Waals surface area contributed by atoms with Gasteiger partial charge in [-0.1, -0.05) is 12.1 Å². The van der Waals surface area contributed by atoms with Crippen molar-refractivity contribution in [2.24, 2.45) is 0 Å². The number of halogens is 1. The molecule has 0 aliphatic rings. The molecule has 0 fully saturated rings. The van der Waals surface area contributed by atoms with Gasteiger partial charge >= 0.3 is 0 Å². The van der Waals surface area contributed by atoms with Gasteiger partial charge < -0.3 is 5.32 Å². The smallest absolute Gasteiger partial charge is 0.270 e. The van der Waals surface area contributed by atoms with Crippen LogP contribution >= 0.6 is 0 Å². The molecule has 0 saturated heterocycles. The third kappa shape index (κ3) is 3.70. The topological polar surface area (TPSA) is 150 Å². The molecule has 0 atom stereocenters. The normalized spacial score (nSPS) is 10.9. The number of benzene rings is 2. The van der Waals surface area contributed by atoms with E-state index in [1.807, 2.05) is 6.07 Å². The van der Waals surface area contributed by atoms with Crippen molar-refractivity contribution < 1.29 is 14.1 Å². The number of allylic oxidation sites excluding steroid dienone is 1. The van der Waals surface area contributed by atoms with E-state index in [-0.39, 0.29) is 33.9 Å². The van der Waals surface area contributed by atoms with Gasteiger partial charge in [0.25, 0.3) is 5.69 Å². The van der Waals surface area contributed by atoms with Crippen LogP contribution in [0.2, 0.25) is 0 Å². The number of carbonyl (C=O) groups excluding carboxylic acids is 1. The first-order valence-corrected chi connectivity index (χ1v) is 7.69. The lowest BCUT2D eigenvalue weighted by Crippen LogP contribution is -2.08. The van der Waals surface area contributed by atoms with E-state index in [1.165, 1.54) is 36.5 Å². The van der Waals surface area contributed by atoms with Gasteiger partial charge in [-0.15, -0.1) is 10.2 Å². The molecular formula is C17H10FN7O3. The number of hydrogen-bond donors (Lipinski definition) is 2. The van der Waals surface area contributed by atoms with E-state index in [9.17, 15) is 24.6 Å². The molecule has 0 aliphatic heterocycles. The molecule has 2 aromatic carbocycles. The maximum Gasteiger partial charge on any atom is 0.270 e. The first-order valence-electron chi connectivity index (χ1n) is 7.69. The Balaban J connectivity index is 2.04. The van der Waals surface area contributed by atoms with Gasteiger partial charge in [0, 0.05) is 24.0 Å². The Hall–Kier alpha value is -4.46. The van der Waals surface area contributed by atoms with Crippen LogP contribution in [0.15, 0.2) is 48.7 Å². The zero-order valence-electron chi connectivity index (χ0n) is 14.0. The van der Waals surface area contributed by atoms with Gasteiger partial charge in [0.05, 0.1) is 16.1 Å². The number of non-ortho nitro benzene ring substituents is 1. The van der Waals surface area contributed by atoms with Crippen molar-refractivity contribution in [1.82, 2.24) is 20.6 Å². The largest absolute Gasteiger partial charge is 0.360 e. The summed E-state index contributed by atoms with van der Waals surface area (Å²) in [5.74, 6) is -1.50. The van der Waals surface area contributed by atoms with Crippen molar-refractivity contribution in [2.45, 2.75) is 0 Å². The maximum atomic E-state index is 14.0. The zero-order chi connectivity index (χ0) is 20.1. The molecular weight excluding hydrogens is 369 g/mol. The number of nitrogens with one attached hydrogen (secondary N) is 2. The Morgan fingerprint density at radius 2 is 2.07 bits per heavy atom. The van der Waals surface area contributed by atoms with E-state index in [1.54, 1.807) is 0 Å². The van der Waals surface area contributed by atoms with E-state index < -0.39 is 16.5 Å². The minimum atomic E-state index is -0.759. The summed E-state index contributed by atoms with van der Waals surface area (Å²) in [6.07, 6.45) is 1.21. The highest BCUT2D eigenvalue weighted by molar-refractivity contribution is 6.13. The molecule has 0 spiro atoms. The summed E-state index contributed by atoms with van der Waals surface area (Å²) in [4.78, 5) is 23.2. The van der Waals surface area contributed by atoms with Gasteiger partial charge in [-0.25, -0.2) is 4.39 Å². The average molecular weight is 379 g/mol. The minimum Gasteiger partial charge on any atom is -0.360 e. The van der Waals surface area contributed by atoms with Crippen molar-refractivity contribution in [1.29, 1.82) is 5.26 Å². The highest BCUT2D eigenvalue weighted by Gasteiger charge is 2.20. The number of nitro benzene ring substituents is 1. The lowest BCUT2D eigenvalue weighted by atomic mass is 10.0. The number of anilines is 1. The number of hydrogen-bond acceptors (Lipinski definition) is 8. The molecule has 10 nitrogen and oxygen atoms in total. The van der Waals surface area contributed by atoms with Crippen LogP contribution in [-0.4, -0.2) is 31.3 Å². The summed E-state index contributed by atoms with van der Waals surface area (Å²) >= 11 is 0. The summed E-state index contributed by atoms with van der Waals surface area (Å²) in [5.41, 5.74) is -0.589. The van der Waals surface area contributed by atoms with Gasteiger partial charge in [0.15, 0.2) is 5.78 Å². The summed E-state index contributed by atoms with van der Waals surface area (Å²) in [7, 11) is 0. The minimum absolute atomic E-state index is 0.00334. The number of ketones is 1. The predicted molar refractivity (Wildman–Crippen MR) is 94.3 cm³/mol. The van der Waals surface area contributed by atoms with E-state index in [0.29, 0.717) is 0 Å². The van der Waals surface area contributed by atoms with Crippen LogP contribution in [0, 0.1) is 27.3 Å². The van der Waals surface area contributed by atoms with E-state index in [2.05, 4.69) is 25.9 Å². The quantitative estimate of drug-likeness (QED) is 0.287. The number of nitriles is 1. The monoisotopic (exact) mass is 379 g/mol. The average Bonchev–Trinajstić information content (AvgIpc) is 3.23. The molecule has 0 bridgehead atoms.